The number of rotatable bonds is 9. The Balaban J connectivity index is 0. The number of halogens is 2. The van der Waals surface area contributed by atoms with Crippen LogP contribution >= 0.6 is 24.8 Å². The third-order valence-electron chi connectivity index (χ3n) is 4.12. The number of aromatic amines is 3. The normalized spacial score (nSPS) is 12.0. The van der Waals surface area contributed by atoms with E-state index in [1.165, 1.54) is 19.8 Å². The Morgan fingerprint density at radius 1 is 0.750 bits per heavy atom. The molecule has 0 saturated carbocycles. The Kier molecular flexibility index (Phi) is 18.1. The van der Waals surface area contributed by atoms with Crippen LogP contribution in [0.15, 0.2) is 37.6 Å². The Hall–Kier alpha value is -3.50. The van der Waals surface area contributed by atoms with Crippen molar-refractivity contribution in [2.24, 2.45) is 17.2 Å². The first-order chi connectivity index (χ1) is 16.1. The quantitative estimate of drug-likeness (QED) is 0.149. The van der Waals surface area contributed by atoms with Crippen molar-refractivity contribution in [2.45, 2.75) is 37.4 Å². The number of ether oxygens (including phenoxy) is 1. The van der Waals surface area contributed by atoms with Gasteiger partial charge in [0, 0.05) is 54.9 Å². The Morgan fingerprint density at radius 3 is 1.28 bits per heavy atom. The molecule has 3 aromatic heterocycles. The number of hydrogen-bond acceptors (Lipinski definition) is 10. The average Bonchev–Trinajstić information content (AvgIpc) is 3.58. The van der Waals surface area contributed by atoms with Gasteiger partial charge in [0.25, 0.3) is 0 Å². The van der Waals surface area contributed by atoms with E-state index in [0.29, 0.717) is 6.42 Å². The van der Waals surface area contributed by atoms with E-state index in [1.807, 2.05) is 0 Å². The molecule has 15 nitrogen and oxygen atoms in total. The summed E-state index contributed by atoms with van der Waals surface area (Å²) in [6.07, 6.45) is 10.3. The van der Waals surface area contributed by atoms with E-state index in [1.54, 1.807) is 24.9 Å². The van der Waals surface area contributed by atoms with E-state index in [0.717, 1.165) is 17.1 Å². The summed E-state index contributed by atoms with van der Waals surface area (Å²) in [5, 5.41) is 16.8. The van der Waals surface area contributed by atoms with E-state index in [2.05, 4.69) is 34.6 Å². The minimum Gasteiger partial charge on any atom is -0.480 e. The van der Waals surface area contributed by atoms with Crippen LogP contribution in [-0.2, 0) is 38.4 Å². The molecule has 0 aliphatic rings. The minimum atomic E-state index is -1.00. The largest absolute Gasteiger partial charge is 0.480 e. The van der Waals surface area contributed by atoms with Gasteiger partial charge in [0.1, 0.15) is 18.1 Å². The van der Waals surface area contributed by atoms with E-state index < -0.39 is 36.0 Å². The van der Waals surface area contributed by atoms with Crippen LogP contribution in [0.25, 0.3) is 0 Å². The number of carbonyl (C=O) groups is 3. The SMILES string of the molecule is COC(=O)[C@@H](N)Cc1cnc[nH]1.Cl.Cl.N[C@@H](Cc1cnc[nH]1)C(=O)O.N[C@H](Cc1cnc[nH]1)C(=O)O. The molecule has 0 amide bonds. The van der Waals surface area contributed by atoms with Crippen molar-refractivity contribution in [1.29, 1.82) is 0 Å². The van der Waals surface area contributed by atoms with Gasteiger partial charge >= 0.3 is 17.9 Å². The lowest BCUT2D eigenvalue weighted by molar-refractivity contribution is -0.142. The van der Waals surface area contributed by atoms with Crippen LogP contribution in [0, 0.1) is 0 Å². The van der Waals surface area contributed by atoms with Gasteiger partial charge < -0.3 is 47.1 Å². The van der Waals surface area contributed by atoms with Crippen LogP contribution in [0.5, 0.6) is 0 Å². The van der Waals surface area contributed by atoms with Gasteiger partial charge in [-0.1, -0.05) is 0 Å². The first kappa shape index (κ1) is 34.7. The van der Waals surface area contributed by atoms with E-state index in [4.69, 9.17) is 27.4 Å². The third kappa shape index (κ3) is 14.0. The zero-order valence-electron chi connectivity index (χ0n) is 19.2. The molecule has 0 radical (unpaired) electrons. The first-order valence-corrected chi connectivity index (χ1v) is 9.85. The lowest BCUT2D eigenvalue weighted by Gasteiger charge is -2.06. The fourth-order valence-electron chi connectivity index (χ4n) is 2.31. The summed E-state index contributed by atoms with van der Waals surface area (Å²) in [7, 11) is 1.31. The first-order valence-electron chi connectivity index (χ1n) is 9.85. The Labute approximate surface area is 218 Å². The molecule has 3 heterocycles. The topological polar surface area (TPSA) is 265 Å². The molecular formula is C19H31Cl2N9O6. The zero-order chi connectivity index (χ0) is 25.5. The van der Waals surface area contributed by atoms with E-state index in [-0.39, 0.29) is 37.7 Å². The summed E-state index contributed by atoms with van der Waals surface area (Å²) in [6, 6.07) is -2.32. The van der Waals surface area contributed by atoms with Crippen molar-refractivity contribution in [3.05, 3.63) is 54.7 Å². The number of imidazole rings is 3. The van der Waals surface area contributed by atoms with Crippen LogP contribution in [-0.4, -0.2) is 83.3 Å². The summed E-state index contributed by atoms with van der Waals surface area (Å²) in [5.41, 5.74) is 18.3. The number of nitrogens with two attached hydrogens (primary N) is 3. The minimum absolute atomic E-state index is 0. The van der Waals surface area contributed by atoms with Gasteiger partial charge in [0.05, 0.1) is 26.1 Å². The fourth-order valence-corrected chi connectivity index (χ4v) is 2.31. The molecule has 0 fully saturated rings. The standard InChI is InChI=1S/C7H11N3O2.2C6H9N3O2.2ClH/c1-12-7(11)6(8)2-5-3-9-4-10-5;2*7-5(6(10)11)1-4-2-8-3-9-4;;/h3-4,6H,2,8H2,1H3,(H,9,10);2*2-3,5H,1,7H2,(H,8,9)(H,10,11);2*1H/t6-;2*5-;;/m010../s1. The number of carbonyl (C=O) groups excluding carboxylic acids is 1. The smallest absolute Gasteiger partial charge is 0.323 e. The molecule has 36 heavy (non-hydrogen) atoms. The molecule has 0 aliphatic heterocycles. The molecule has 0 aliphatic carbocycles. The number of aromatic nitrogens is 6. The Bertz CT molecular complexity index is 920. The molecule has 0 bridgehead atoms. The summed E-state index contributed by atoms with van der Waals surface area (Å²) >= 11 is 0. The maximum atomic E-state index is 10.9. The van der Waals surface area contributed by atoms with Crippen molar-refractivity contribution >= 4 is 42.7 Å². The highest BCUT2D eigenvalue weighted by molar-refractivity contribution is 5.85. The lowest BCUT2D eigenvalue weighted by Crippen LogP contribution is -2.33. The van der Waals surface area contributed by atoms with Gasteiger partial charge in [-0.05, 0) is 0 Å². The number of hydrogen-bond donors (Lipinski definition) is 8. The van der Waals surface area contributed by atoms with Gasteiger partial charge in [-0.2, -0.15) is 0 Å². The number of nitrogens with zero attached hydrogens (tertiary/aromatic N) is 3. The van der Waals surface area contributed by atoms with Crippen molar-refractivity contribution in [3.8, 4) is 0 Å². The van der Waals surface area contributed by atoms with Gasteiger partial charge in [0.15, 0.2) is 0 Å². The zero-order valence-corrected chi connectivity index (χ0v) is 20.9. The van der Waals surface area contributed by atoms with Crippen LogP contribution in [0.2, 0.25) is 0 Å². The maximum absolute atomic E-state index is 10.9. The summed E-state index contributed by atoms with van der Waals surface area (Å²) in [5.74, 6) is -2.41. The van der Waals surface area contributed by atoms with Crippen molar-refractivity contribution in [2.75, 3.05) is 7.11 Å². The van der Waals surface area contributed by atoms with E-state index in [9.17, 15) is 14.4 Å². The summed E-state index contributed by atoms with van der Waals surface area (Å²) in [6.45, 7) is 0. The maximum Gasteiger partial charge on any atom is 0.323 e. The number of nitrogens with one attached hydrogen (secondary N) is 3. The lowest BCUT2D eigenvalue weighted by atomic mass is 10.2. The molecule has 3 atom stereocenters. The van der Waals surface area contributed by atoms with Crippen LogP contribution in [0.1, 0.15) is 17.1 Å². The molecule has 0 saturated heterocycles. The molecule has 11 N–H and O–H groups in total. The molecule has 202 valence electrons. The highest BCUT2D eigenvalue weighted by Crippen LogP contribution is 1.97. The predicted octanol–water partition coefficient (Wildman–Crippen LogP) is -0.976. The van der Waals surface area contributed by atoms with Crippen LogP contribution < -0.4 is 17.2 Å². The highest BCUT2D eigenvalue weighted by atomic mass is 35.5. The number of H-pyrrole nitrogens is 3. The second kappa shape index (κ2) is 18.8. The second-order valence-electron chi connectivity index (χ2n) is 6.86. The van der Waals surface area contributed by atoms with Crippen molar-refractivity contribution in [3.63, 3.8) is 0 Å². The van der Waals surface area contributed by atoms with Crippen LogP contribution in [0.4, 0.5) is 0 Å². The predicted molar refractivity (Wildman–Crippen MR) is 133 cm³/mol. The molecule has 0 spiro atoms. The number of aliphatic carboxylic acids is 2. The van der Waals surface area contributed by atoms with Crippen LogP contribution in [0.3, 0.4) is 0 Å². The number of carboxylic acids is 2. The molecule has 17 heteroatoms. The van der Waals surface area contributed by atoms with Gasteiger partial charge in [-0.3, -0.25) is 14.4 Å². The summed E-state index contributed by atoms with van der Waals surface area (Å²) in [4.78, 5) is 51.0. The fraction of sp³-hybridized carbons (Fsp3) is 0.368. The molecule has 0 unspecified atom stereocenters. The van der Waals surface area contributed by atoms with Gasteiger partial charge in [-0.25, -0.2) is 15.0 Å². The molecule has 3 aromatic rings. The van der Waals surface area contributed by atoms with Crippen molar-refractivity contribution in [1.82, 2.24) is 29.9 Å². The number of esters is 1. The monoisotopic (exact) mass is 551 g/mol. The molecular weight excluding hydrogens is 521 g/mol. The highest BCUT2D eigenvalue weighted by Gasteiger charge is 2.14. The number of carboxylic acid groups (broad SMARTS) is 2. The van der Waals surface area contributed by atoms with Gasteiger partial charge in [-0.15, -0.1) is 24.8 Å². The van der Waals surface area contributed by atoms with Gasteiger partial charge in [0.2, 0.25) is 0 Å². The third-order valence-corrected chi connectivity index (χ3v) is 4.12. The average molecular weight is 552 g/mol. The molecule has 3 rings (SSSR count). The number of methoxy groups -OCH3 is 1. The molecule has 0 aromatic carbocycles. The summed E-state index contributed by atoms with van der Waals surface area (Å²) < 4.78 is 4.46. The second-order valence-corrected chi connectivity index (χ2v) is 6.86. The van der Waals surface area contributed by atoms with E-state index >= 15 is 0 Å². The van der Waals surface area contributed by atoms with Crippen molar-refractivity contribution < 1.29 is 29.3 Å². The Morgan fingerprint density at radius 2 is 1.06 bits per heavy atom.